The summed E-state index contributed by atoms with van der Waals surface area (Å²) in [6.45, 7) is 4.82. The Kier molecular flexibility index (Phi) is 3.33. The predicted octanol–water partition coefficient (Wildman–Crippen LogP) is 2.29. The Morgan fingerprint density at radius 1 is 1.16 bits per heavy atom. The zero-order valence-electron chi connectivity index (χ0n) is 11.1. The Bertz CT molecular complexity index is 632. The fraction of sp³-hybridized carbons (Fsp3) is 0.267. The van der Waals surface area contributed by atoms with Crippen LogP contribution >= 0.6 is 0 Å². The molecule has 0 aliphatic rings. The Morgan fingerprint density at radius 3 is 2.95 bits per heavy atom. The minimum absolute atomic E-state index is 0.815. The molecular formula is C15H18N4. The molecule has 4 heteroatoms. The number of nitrogens with one attached hydrogen (secondary N) is 1. The average Bonchev–Trinajstić information content (AvgIpc) is 3.02. The van der Waals surface area contributed by atoms with Crippen molar-refractivity contribution in [2.24, 2.45) is 0 Å². The van der Waals surface area contributed by atoms with E-state index in [1.54, 1.807) is 0 Å². The summed E-state index contributed by atoms with van der Waals surface area (Å²) in [6.07, 6.45) is 6.23. The maximum atomic E-state index is 4.63. The smallest absolute Gasteiger partial charge is 0.137 e. The van der Waals surface area contributed by atoms with Crippen LogP contribution in [0.2, 0.25) is 0 Å². The van der Waals surface area contributed by atoms with Crippen LogP contribution in [0, 0.1) is 0 Å². The molecule has 98 valence electrons. The van der Waals surface area contributed by atoms with E-state index in [4.69, 9.17) is 0 Å². The quantitative estimate of drug-likeness (QED) is 0.758. The summed E-state index contributed by atoms with van der Waals surface area (Å²) in [7, 11) is 0. The van der Waals surface area contributed by atoms with Crippen LogP contribution in [0.15, 0.2) is 48.9 Å². The third kappa shape index (κ3) is 2.53. The number of fused-ring (bicyclic) bond motifs is 1. The van der Waals surface area contributed by atoms with Gasteiger partial charge in [-0.2, -0.15) is 0 Å². The highest BCUT2D eigenvalue weighted by atomic mass is 15.0. The first-order valence-corrected chi connectivity index (χ1v) is 6.64. The summed E-state index contributed by atoms with van der Waals surface area (Å²) in [5.41, 5.74) is 3.37. The van der Waals surface area contributed by atoms with E-state index in [0.29, 0.717) is 0 Å². The molecule has 0 saturated heterocycles. The molecule has 3 heterocycles. The summed E-state index contributed by atoms with van der Waals surface area (Å²) in [4.78, 5) is 4.63. The van der Waals surface area contributed by atoms with Gasteiger partial charge >= 0.3 is 0 Å². The van der Waals surface area contributed by atoms with Crippen molar-refractivity contribution in [2.75, 3.05) is 6.54 Å². The number of nitrogens with zero attached hydrogens (tertiary/aromatic N) is 3. The van der Waals surface area contributed by atoms with E-state index in [1.807, 2.05) is 24.4 Å². The van der Waals surface area contributed by atoms with Crippen molar-refractivity contribution in [3.05, 3.63) is 60.3 Å². The van der Waals surface area contributed by atoms with E-state index in [9.17, 15) is 0 Å². The lowest BCUT2D eigenvalue weighted by atomic mass is 10.4. The second kappa shape index (κ2) is 5.28. The molecule has 0 amide bonds. The molecule has 19 heavy (non-hydrogen) atoms. The van der Waals surface area contributed by atoms with Crippen molar-refractivity contribution in [2.45, 2.75) is 20.0 Å². The van der Waals surface area contributed by atoms with E-state index in [2.05, 4.69) is 50.7 Å². The number of aromatic nitrogens is 3. The Hall–Kier alpha value is -2.07. The van der Waals surface area contributed by atoms with Crippen LogP contribution in [-0.4, -0.2) is 20.5 Å². The maximum Gasteiger partial charge on any atom is 0.137 e. The topological polar surface area (TPSA) is 34.3 Å². The van der Waals surface area contributed by atoms with E-state index < -0.39 is 0 Å². The highest BCUT2D eigenvalue weighted by Gasteiger charge is 2.04. The molecule has 4 nitrogen and oxygen atoms in total. The second-order valence-corrected chi connectivity index (χ2v) is 4.61. The Balaban J connectivity index is 1.82. The van der Waals surface area contributed by atoms with E-state index in [-0.39, 0.29) is 0 Å². The minimum atomic E-state index is 0.815. The number of pyridine rings is 1. The summed E-state index contributed by atoms with van der Waals surface area (Å²) < 4.78 is 4.30. The normalized spacial score (nSPS) is 11.2. The molecule has 0 aliphatic carbocycles. The van der Waals surface area contributed by atoms with Gasteiger partial charge in [-0.3, -0.25) is 0 Å². The third-order valence-corrected chi connectivity index (χ3v) is 3.23. The van der Waals surface area contributed by atoms with Gasteiger partial charge < -0.3 is 14.3 Å². The fourth-order valence-electron chi connectivity index (χ4n) is 2.26. The molecule has 0 unspecified atom stereocenters. The summed E-state index contributed by atoms with van der Waals surface area (Å²) in [5.74, 6) is 0. The first kappa shape index (κ1) is 12.0. The molecule has 0 bridgehead atoms. The lowest BCUT2D eigenvalue weighted by molar-refractivity contribution is 0.653. The monoisotopic (exact) mass is 254 g/mol. The highest BCUT2D eigenvalue weighted by Crippen LogP contribution is 2.09. The number of hydrogen-bond acceptors (Lipinski definition) is 2. The maximum absolute atomic E-state index is 4.63. The third-order valence-electron chi connectivity index (χ3n) is 3.23. The van der Waals surface area contributed by atoms with Gasteiger partial charge in [-0.25, -0.2) is 4.98 Å². The van der Waals surface area contributed by atoms with Gasteiger partial charge in [0.1, 0.15) is 5.65 Å². The number of hydrogen-bond donors (Lipinski definition) is 1. The number of rotatable bonds is 5. The molecular weight excluding hydrogens is 236 g/mol. The van der Waals surface area contributed by atoms with Gasteiger partial charge in [0, 0.05) is 30.8 Å². The van der Waals surface area contributed by atoms with Gasteiger partial charge in [0.25, 0.3) is 0 Å². The Labute approximate surface area is 112 Å². The second-order valence-electron chi connectivity index (χ2n) is 4.61. The Morgan fingerprint density at radius 2 is 2.11 bits per heavy atom. The lowest BCUT2D eigenvalue weighted by Crippen LogP contribution is -2.15. The highest BCUT2D eigenvalue weighted by molar-refractivity contribution is 5.39. The van der Waals surface area contributed by atoms with Gasteiger partial charge in [-0.15, -0.1) is 0 Å². The molecule has 0 aliphatic heterocycles. The zero-order valence-corrected chi connectivity index (χ0v) is 11.1. The van der Waals surface area contributed by atoms with Crippen LogP contribution in [0.3, 0.4) is 0 Å². The molecule has 0 aromatic carbocycles. The van der Waals surface area contributed by atoms with Gasteiger partial charge in [-0.1, -0.05) is 13.0 Å². The van der Waals surface area contributed by atoms with Crippen molar-refractivity contribution in [3.63, 3.8) is 0 Å². The molecule has 0 fully saturated rings. The van der Waals surface area contributed by atoms with Crippen LogP contribution < -0.4 is 5.32 Å². The first-order chi connectivity index (χ1) is 9.36. The molecule has 0 atom stereocenters. The SMILES string of the molecule is CCNCc1cccn1Cc1cn2ccccc2n1. The molecule has 0 spiro atoms. The zero-order chi connectivity index (χ0) is 13.1. The van der Waals surface area contributed by atoms with Crippen molar-refractivity contribution in [1.82, 2.24) is 19.3 Å². The van der Waals surface area contributed by atoms with E-state index in [0.717, 1.165) is 31.0 Å². The van der Waals surface area contributed by atoms with Crippen molar-refractivity contribution in [3.8, 4) is 0 Å². The van der Waals surface area contributed by atoms with Crippen molar-refractivity contribution < 1.29 is 0 Å². The van der Waals surface area contributed by atoms with Crippen molar-refractivity contribution in [1.29, 1.82) is 0 Å². The van der Waals surface area contributed by atoms with E-state index in [1.165, 1.54) is 5.69 Å². The number of imidazole rings is 1. The molecule has 3 aromatic rings. The van der Waals surface area contributed by atoms with Crippen LogP contribution in [0.4, 0.5) is 0 Å². The van der Waals surface area contributed by atoms with E-state index >= 15 is 0 Å². The molecule has 0 saturated carbocycles. The van der Waals surface area contributed by atoms with Gasteiger partial charge in [0.2, 0.25) is 0 Å². The largest absolute Gasteiger partial charge is 0.344 e. The van der Waals surface area contributed by atoms with Crippen LogP contribution in [0.5, 0.6) is 0 Å². The summed E-state index contributed by atoms with van der Waals surface area (Å²) in [5, 5.41) is 3.36. The van der Waals surface area contributed by atoms with Crippen LogP contribution in [0.25, 0.3) is 5.65 Å². The van der Waals surface area contributed by atoms with Crippen LogP contribution in [-0.2, 0) is 13.1 Å². The van der Waals surface area contributed by atoms with Gasteiger partial charge in [0.15, 0.2) is 0 Å². The molecule has 0 radical (unpaired) electrons. The summed E-state index contributed by atoms with van der Waals surface area (Å²) in [6, 6.07) is 10.3. The lowest BCUT2D eigenvalue weighted by Gasteiger charge is -2.07. The van der Waals surface area contributed by atoms with Crippen LogP contribution in [0.1, 0.15) is 18.3 Å². The summed E-state index contributed by atoms with van der Waals surface area (Å²) >= 11 is 0. The average molecular weight is 254 g/mol. The predicted molar refractivity (Wildman–Crippen MR) is 76.1 cm³/mol. The molecule has 3 rings (SSSR count). The molecule has 3 aromatic heterocycles. The molecule has 1 N–H and O–H groups in total. The first-order valence-electron chi connectivity index (χ1n) is 6.64. The minimum Gasteiger partial charge on any atom is -0.344 e. The van der Waals surface area contributed by atoms with Gasteiger partial charge in [-0.05, 0) is 30.8 Å². The van der Waals surface area contributed by atoms with Gasteiger partial charge in [0.05, 0.1) is 12.2 Å². The fourth-order valence-corrected chi connectivity index (χ4v) is 2.26. The van der Waals surface area contributed by atoms with Crippen molar-refractivity contribution >= 4 is 5.65 Å². The standard InChI is InChI=1S/C15H18N4/c1-2-16-10-14-6-5-9-18(14)11-13-12-19-8-4-3-7-15(19)17-13/h3-9,12,16H,2,10-11H2,1H3.